The highest BCUT2D eigenvalue weighted by molar-refractivity contribution is 7.85. The number of benzene rings is 1. The van der Waals surface area contributed by atoms with Gasteiger partial charge in [-0.3, -0.25) is 8.89 Å². The molecule has 0 unspecified atom stereocenters. The minimum absolute atomic E-state index is 0.0641. The van der Waals surface area contributed by atoms with Crippen molar-refractivity contribution in [2.45, 2.75) is 56.0 Å². The van der Waals surface area contributed by atoms with E-state index in [1.165, 1.54) is 11.1 Å². The molecule has 1 atom stereocenters. The largest absolute Gasteiger partial charge is 0.396 e. The molecule has 156 valence electrons. The van der Waals surface area contributed by atoms with Crippen LogP contribution in [0, 0.1) is 5.41 Å². The van der Waals surface area contributed by atoms with Crippen LogP contribution in [0.2, 0.25) is 5.02 Å². The standard InChI is InChI=1S/C22H28ClN3O2S/c23-18-4-2-16(3-5-18)17-6-11-25(12-7-17)20-19-8-13-29(28)21(19)26(24-20)14-22(15-27)9-1-10-22/h2-5,17,27H,1,6-15H2/t29-/m1/s1. The quantitative estimate of drug-likeness (QED) is 0.780. The lowest BCUT2D eigenvalue weighted by Gasteiger charge is -2.40. The van der Waals surface area contributed by atoms with E-state index in [1.807, 2.05) is 16.8 Å². The fourth-order valence-corrected chi connectivity index (χ4v) is 6.64. The van der Waals surface area contributed by atoms with Gasteiger partial charge in [-0.05, 0) is 55.7 Å². The molecular formula is C22H28ClN3O2S. The van der Waals surface area contributed by atoms with Crippen molar-refractivity contribution in [3.05, 3.63) is 40.4 Å². The third kappa shape index (κ3) is 3.53. The number of nitrogens with zero attached hydrogens (tertiary/aromatic N) is 3. The van der Waals surface area contributed by atoms with E-state index >= 15 is 0 Å². The molecule has 0 bridgehead atoms. The molecule has 1 aromatic heterocycles. The lowest BCUT2D eigenvalue weighted by atomic mass is 9.69. The smallest absolute Gasteiger partial charge is 0.155 e. The third-order valence-corrected chi connectivity index (χ3v) is 8.82. The maximum Gasteiger partial charge on any atom is 0.155 e. The summed E-state index contributed by atoms with van der Waals surface area (Å²) in [6.45, 7) is 2.82. The molecule has 1 aliphatic carbocycles. The molecule has 1 N–H and O–H groups in total. The van der Waals surface area contributed by atoms with Crippen LogP contribution in [0.25, 0.3) is 0 Å². The van der Waals surface area contributed by atoms with Crippen molar-refractivity contribution in [2.24, 2.45) is 5.41 Å². The average Bonchev–Trinajstić information content (AvgIpc) is 3.26. The van der Waals surface area contributed by atoms with Gasteiger partial charge in [0.2, 0.25) is 0 Å². The monoisotopic (exact) mass is 433 g/mol. The maximum absolute atomic E-state index is 12.7. The van der Waals surface area contributed by atoms with Crippen LogP contribution in [0.1, 0.15) is 49.1 Å². The van der Waals surface area contributed by atoms with Crippen LogP contribution in [0.15, 0.2) is 29.3 Å². The van der Waals surface area contributed by atoms with E-state index in [2.05, 4.69) is 17.0 Å². The highest BCUT2D eigenvalue weighted by atomic mass is 35.5. The minimum Gasteiger partial charge on any atom is -0.396 e. The van der Waals surface area contributed by atoms with Crippen LogP contribution >= 0.6 is 11.6 Å². The number of hydrogen-bond donors (Lipinski definition) is 1. The van der Waals surface area contributed by atoms with E-state index in [0.717, 1.165) is 67.5 Å². The van der Waals surface area contributed by atoms with Gasteiger partial charge in [0.25, 0.3) is 0 Å². The zero-order valence-electron chi connectivity index (χ0n) is 16.6. The van der Waals surface area contributed by atoms with Gasteiger partial charge in [-0.1, -0.05) is 30.2 Å². The number of piperidine rings is 1. The van der Waals surface area contributed by atoms with Crippen LogP contribution in [-0.4, -0.2) is 44.5 Å². The summed E-state index contributed by atoms with van der Waals surface area (Å²) in [6, 6.07) is 8.24. The predicted molar refractivity (Wildman–Crippen MR) is 116 cm³/mol. The van der Waals surface area contributed by atoms with Crippen LogP contribution < -0.4 is 4.90 Å². The Balaban J connectivity index is 1.35. The number of hydrogen-bond acceptors (Lipinski definition) is 4. The lowest BCUT2D eigenvalue weighted by molar-refractivity contribution is 0.0219. The molecule has 0 spiro atoms. The summed E-state index contributed by atoms with van der Waals surface area (Å²) in [6.07, 6.45) is 6.26. The molecule has 2 aromatic rings. The van der Waals surface area contributed by atoms with Crippen LogP contribution in [0.4, 0.5) is 5.82 Å². The minimum atomic E-state index is -0.967. The zero-order chi connectivity index (χ0) is 20.0. The molecule has 0 amide bonds. The van der Waals surface area contributed by atoms with Gasteiger partial charge in [0, 0.05) is 34.8 Å². The van der Waals surface area contributed by atoms with Gasteiger partial charge < -0.3 is 10.0 Å². The second kappa shape index (κ2) is 7.71. The van der Waals surface area contributed by atoms with Crippen LogP contribution in [-0.2, 0) is 23.8 Å². The molecule has 5 rings (SSSR count). The molecule has 5 nitrogen and oxygen atoms in total. The Bertz CT molecular complexity index is 909. The van der Waals surface area contributed by atoms with Crippen molar-refractivity contribution in [1.29, 1.82) is 0 Å². The first-order valence-corrected chi connectivity index (χ1v) is 12.4. The number of anilines is 1. The fraction of sp³-hybridized carbons (Fsp3) is 0.591. The highest BCUT2D eigenvalue weighted by Gasteiger charge is 2.40. The maximum atomic E-state index is 12.7. The summed E-state index contributed by atoms with van der Waals surface area (Å²) in [5.74, 6) is 2.29. The van der Waals surface area contributed by atoms with Crippen LogP contribution in [0.5, 0.6) is 0 Å². The Labute approximate surface area is 179 Å². The Kier molecular flexibility index (Phi) is 5.21. The van der Waals surface area contributed by atoms with E-state index in [0.29, 0.717) is 18.2 Å². The molecule has 3 heterocycles. The van der Waals surface area contributed by atoms with Crippen molar-refractivity contribution in [3.8, 4) is 0 Å². The molecule has 7 heteroatoms. The zero-order valence-corrected chi connectivity index (χ0v) is 18.2. The second-order valence-electron chi connectivity index (χ2n) is 8.89. The highest BCUT2D eigenvalue weighted by Crippen LogP contribution is 2.44. The van der Waals surface area contributed by atoms with Crippen LogP contribution in [0.3, 0.4) is 0 Å². The molecule has 0 radical (unpaired) electrons. The molecule has 2 fully saturated rings. The third-order valence-electron chi connectivity index (χ3n) is 7.10. The van der Waals surface area contributed by atoms with Gasteiger partial charge in [0.05, 0.1) is 24.0 Å². The first-order valence-electron chi connectivity index (χ1n) is 10.7. The number of fused-ring (bicyclic) bond motifs is 1. The van der Waals surface area contributed by atoms with Crippen molar-refractivity contribution in [1.82, 2.24) is 9.78 Å². The topological polar surface area (TPSA) is 58.4 Å². The van der Waals surface area contributed by atoms with E-state index in [1.54, 1.807) is 0 Å². The summed E-state index contributed by atoms with van der Waals surface area (Å²) in [7, 11) is -0.967. The summed E-state index contributed by atoms with van der Waals surface area (Å²) >= 11 is 6.03. The first-order chi connectivity index (χ1) is 14.1. The fourth-order valence-electron chi connectivity index (χ4n) is 5.12. The molecule has 2 aliphatic heterocycles. The van der Waals surface area contributed by atoms with Gasteiger partial charge in [-0.25, -0.2) is 0 Å². The number of rotatable bonds is 5. The summed E-state index contributed by atoms with van der Waals surface area (Å²) in [5, 5.41) is 16.5. The predicted octanol–water partition coefficient (Wildman–Crippen LogP) is 3.75. The summed E-state index contributed by atoms with van der Waals surface area (Å²) in [4.78, 5) is 2.39. The number of aliphatic hydroxyl groups is 1. The van der Waals surface area contributed by atoms with E-state index in [4.69, 9.17) is 16.7 Å². The second-order valence-corrected chi connectivity index (χ2v) is 10.8. The molecule has 3 aliphatic rings. The number of aliphatic hydroxyl groups excluding tert-OH is 1. The number of halogens is 1. The van der Waals surface area contributed by atoms with E-state index in [-0.39, 0.29) is 12.0 Å². The summed E-state index contributed by atoms with van der Waals surface area (Å²) in [5.41, 5.74) is 2.48. The van der Waals surface area contributed by atoms with Crippen molar-refractivity contribution < 1.29 is 9.32 Å². The van der Waals surface area contributed by atoms with Crippen molar-refractivity contribution in [2.75, 3.05) is 30.3 Å². The van der Waals surface area contributed by atoms with Gasteiger partial charge in [-0.2, -0.15) is 5.10 Å². The SMILES string of the molecule is O=[S@@]1CCc2c(N3CCC(c4ccc(Cl)cc4)CC3)nn(CC3(CO)CCC3)c21. The molecule has 29 heavy (non-hydrogen) atoms. The first kappa shape index (κ1) is 19.6. The van der Waals surface area contributed by atoms with Gasteiger partial charge >= 0.3 is 0 Å². The van der Waals surface area contributed by atoms with Gasteiger partial charge in [0.15, 0.2) is 5.82 Å². The number of aromatic nitrogens is 2. The molecule has 1 aromatic carbocycles. The molecular weight excluding hydrogens is 406 g/mol. The Hall–Kier alpha value is -1.37. The summed E-state index contributed by atoms with van der Waals surface area (Å²) < 4.78 is 14.7. The molecule has 1 saturated carbocycles. The molecule has 1 saturated heterocycles. The Morgan fingerprint density at radius 2 is 1.93 bits per heavy atom. The van der Waals surface area contributed by atoms with E-state index < -0.39 is 10.8 Å². The van der Waals surface area contributed by atoms with Crippen molar-refractivity contribution in [3.63, 3.8) is 0 Å². The normalized spacial score (nSPS) is 23.8. The lowest BCUT2D eigenvalue weighted by Crippen LogP contribution is -2.38. The van der Waals surface area contributed by atoms with Gasteiger partial charge in [-0.15, -0.1) is 0 Å². The van der Waals surface area contributed by atoms with Gasteiger partial charge in [0.1, 0.15) is 5.03 Å². The van der Waals surface area contributed by atoms with E-state index in [9.17, 15) is 9.32 Å². The Morgan fingerprint density at radius 1 is 1.21 bits per heavy atom. The average molecular weight is 434 g/mol. The Morgan fingerprint density at radius 3 is 2.55 bits per heavy atom. The van der Waals surface area contributed by atoms with Crippen molar-refractivity contribution >= 4 is 28.2 Å².